The first-order valence-electron chi connectivity index (χ1n) is 10.8. The molecule has 0 aromatic heterocycles. The fraction of sp³-hybridized carbons (Fsp3) is 0.200. The van der Waals surface area contributed by atoms with Crippen molar-refractivity contribution in [3.05, 3.63) is 83.9 Å². The number of hydrogen-bond donors (Lipinski definition) is 3. The number of anilines is 2. The molecule has 1 fully saturated rings. The lowest BCUT2D eigenvalue weighted by Crippen LogP contribution is -2.46. The van der Waals surface area contributed by atoms with Crippen LogP contribution in [0.1, 0.15) is 15.9 Å². The van der Waals surface area contributed by atoms with E-state index < -0.39 is 17.8 Å². The molecule has 3 aromatic rings. The first-order valence-corrected chi connectivity index (χ1v) is 10.8. The Morgan fingerprint density at radius 2 is 1.59 bits per heavy atom. The number of carbonyl (C=O) groups excluding carboxylic acids is 2. The quantitative estimate of drug-likeness (QED) is 0.501. The van der Waals surface area contributed by atoms with Crippen molar-refractivity contribution >= 4 is 23.3 Å². The fourth-order valence-electron chi connectivity index (χ4n) is 3.76. The highest BCUT2D eigenvalue weighted by Gasteiger charge is 2.30. The Morgan fingerprint density at radius 3 is 2.29 bits per heavy atom. The fourth-order valence-corrected chi connectivity index (χ4v) is 3.76. The van der Waals surface area contributed by atoms with Gasteiger partial charge in [-0.2, -0.15) is 13.2 Å². The lowest BCUT2D eigenvalue weighted by Gasteiger charge is -2.27. The third-order valence-electron chi connectivity index (χ3n) is 5.45. The van der Waals surface area contributed by atoms with Crippen molar-refractivity contribution in [2.75, 3.05) is 36.8 Å². The highest BCUT2D eigenvalue weighted by Crippen LogP contribution is 2.32. The molecule has 6 nitrogen and oxygen atoms in total. The third kappa shape index (κ3) is 5.55. The van der Waals surface area contributed by atoms with Crippen molar-refractivity contribution in [1.82, 2.24) is 10.2 Å². The van der Waals surface area contributed by atoms with E-state index in [2.05, 4.69) is 16.0 Å². The molecule has 1 aliphatic rings. The van der Waals surface area contributed by atoms with Gasteiger partial charge in [0.15, 0.2) is 0 Å². The molecular weight excluding hydrogens is 445 g/mol. The van der Waals surface area contributed by atoms with Crippen molar-refractivity contribution in [3.8, 4) is 11.1 Å². The van der Waals surface area contributed by atoms with Crippen LogP contribution in [0.5, 0.6) is 0 Å². The van der Waals surface area contributed by atoms with Crippen LogP contribution in [0.25, 0.3) is 11.1 Å². The van der Waals surface area contributed by atoms with E-state index in [-0.39, 0.29) is 11.6 Å². The summed E-state index contributed by atoms with van der Waals surface area (Å²) in [4.78, 5) is 27.4. The molecule has 1 saturated heterocycles. The van der Waals surface area contributed by atoms with E-state index in [0.29, 0.717) is 43.0 Å². The molecule has 3 N–H and O–H groups in total. The van der Waals surface area contributed by atoms with E-state index in [1.165, 1.54) is 12.1 Å². The lowest BCUT2D eigenvalue weighted by atomic mass is 10.0. The number of rotatable bonds is 4. The van der Waals surface area contributed by atoms with Crippen LogP contribution in [0.2, 0.25) is 0 Å². The van der Waals surface area contributed by atoms with E-state index in [1.54, 1.807) is 23.1 Å². The van der Waals surface area contributed by atoms with Gasteiger partial charge in [0.05, 0.1) is 11.3 Å². The molecule has 9 heteroatoms. The van der Waals surface area contributed by atoms with Gasteiger partial charge in [-0.3, -0.25) is 4.79 Å². The second-order valence-corrected chi connectivity index (χ2v) is 7.83. The maximum absolute atomic E-state index is 13.0. The van der Waals surface area contributed by atoms with Gasteiger partial charge in [0.2, 0.25) is 0 Å². The minimum atomic E-state index is -4.52. The van der Waals surface area contributed by atoms with Gasteiger partial charge >= 0.3 is 12.2 Å². The Balaban J connectivity index is 1.60. The van der Waals surface area contributed by atoms with Crippen LogP contribution in [0, 0.1) is 0 Å². The zero-order valence-corrected chi connectivity index (χ0v) is 18.2. The van der Waals surface area contributed by atoms with Gasteiger partial charge in [-0.1, -0.05) is 42.5 Å². The molecule has 0 aliphatic carbocycles. The van der Waals surface area contributed by atoms with E-state index in [4.69, 9.17) is 0 Å². The van der Waals surface area contributed by atoms with Crippen LogP contribution in [0.15, 0.2) is 72.8 Å². The van der Waals surface area contributed by atoms with Crippen LogP contribution in [-0.4, -0.2) is 43.0 Å². The maximum atomic E-state index is 13.0. The summed E-state index contributed by atoms with van der Waals surface area (Å²) < 4.78 is 39.0. The summed E-state index contributed by atoms with van der Waals surface area (Å²) in [5, 5.41) is 8.34. The molecule has 0 radical (unpaired) electrons. The number of alkyl halides is 3. The van der Waals surface area contributed by atoms with Crippen molar-refractivity contribution in [2.45, 2.75) is 6.18 Å². The van der Waals surface area contributed by atoms with Gasteiger partial charge in [-0.15, -0.1) is 0 Å². The molecule has 176 valence electrons. The highest BCUT2D eigenvalue weighted by molar-refractivity contribution is 6.04. The molecule has 34 heavy (non-hydrogen) atoms. The van der Waals surface area contributed by atoms with Gasteiger partial charge in [0.1, 0.15) is 0 Å². The summed E-state index contributed by atoms with van der Waals surface area (Å²) in [5.74, 6) is -0.151. The number of piperazine rings is 1. The smallest absolute Gasteiger partial charge is 0.336 e. The molecule has 1 aliphatic heterocycles. The number of amides is 3. The Labute approximate surface area is 194 Å². The molecule has 0 atom stereocenters. The maximum Gasteiger partial charge on any atom is 0.416 e. The largest absolute Gasteiger partial charge is 0.416 e. The number of benzene rings is 3. The topological polar surface area (TPSA) is 73.5 Å². The van der Waals surface area contributed by atoms with Crippen LogP contribution in [0.4, 0.5) is 29.3 Å². The van der Waals surface area contributed by atoms with Crippen molar-refractivity contribution in [3.63, 3.8) is 0 Å². The SMILES string of the molecule is O=C(Nc1cccc(C(F)(F)F)c1)Nc1cc(C(=O)N2CCNCC2)ccc1-c1ccccc1. The summed E-state index contributed by atoms with van der Waals surface area (Å²) in [6, 6.07) is 18.0. The average Bonchev–Trinajstić information content (AvgIpc) is 2.84. The lowest BCUT2D eigenvalue weighted by molar-refractivity contribution is -0.137. The monoisotopic (exact) mass is 468 g/mol. The molecule has 3 aromatic carbocycles. The van der Waals surface area contributed by atoms with Crippen molar-refractivity contribution in [1.29, 1.82) is 0 Å². The predicted molar refractivity (Wildman–Crippen MR) is 125 cm³/mol. The highest BCUT2D eigenvalue weighted by atomic mass is 19.4. The van der Waals surface area contributed by atoms with Gasteiger partial charge in [-0.05, 0) is 35.9 Å². The molecule has 4 rings (SSSR count). The molecular formula is C25H23F3N4O2. The number of halogens is 3. The molecule has 3 amide bonds. The van der Waals surface area contributed by atoms with Gasteiger partial charge in [0, 0.05) is 43.0 Å². The number of carbonyl (C=O) groups is 2. The zero-order chi connectivity index (χ0) is 24.1. The summed E-state index contributed by atoms with van der Waals surface area (Å²) >= 11 is 0. The number of hydrogen-bond acceptors (Lipinski definition) is 3. The normalized spacial score (nSPS) is 13.9. The summed E-state index contributed by atoms with van der Waals surface area (Å²) in [6.45, 7) is 2.58. The Bertz CT molecular complexity index is 1180. The molecule has 0 unspecified atom stereocenters. The van der Waals surface area contributed by atoms with Crippen LogP contribution in [-0.2, 0) is 6.18 Å². The van der Waals surface area contributed by atoms with E-state index in [9.17, 15) is 22.8 Å². The second-order valence-electron chi connectivity index (χ2n) is 7.83. The average molecular weight is 468 g/mol. The van der Waals surface area contributed by atoms with Gasteiger partial charge < -0.3 is 20.9 Å². The molecule has 0 bridgehead atoms. The first-order chi connectivity index (χ1) is 16.3. The summed E-state index contributed by atoms with van der Waals surface area (Å²) in [7, 11) is 0. The summed E-state index contributed by atoms with van der Waals surface area (Å²) in [5.41, 5.74) is 1.42. The number of nitrogens with zero attached hydrogens (tertiary/aromatic N) is 1. The number of urea groups is 1. The summed E-state index contributed by atoms with van der Waals surface area (Å²) in [6.07, 6.45) is -4.52. The van der Waals surface area contributed by atoms with E-state index >= 15 is 0 Å². The van der Waals surface area contributed by atoms with Crippen LogP contribution in [0.3, 0.4) is 0 Å². The number of nitrogens with one attached hydrogen (secondary N) is 3. The zero-order valence-electron chi connectivity index (χ0n) is 18.2. The van der Waals surface area contributed by atoms with Gasteiger partial charge in [0.25, 0.3) is 5.91 Å². The van der Waals surface area contributed by atoms with Crippen molar-refractivity contribution < 1.29 is 22.8 Å². The van der Waals surface area contributed by atoms with E-state index in [1.807, 2.05) is 30.3 Å². The minimum Gasteiger partial charge on any atom is -0.336 e. The molecule has 1 heterocycles. The van der Waals surface area contributed by atoms with Crippen molar-refractivity contribution in [2.24, 2.45) is 0 Å². The third-order valence-corrected chi connectivity index (χ3v) is 5.45. The standard InChI is InChI=1S/C25H23F3N4O2/c26-25(27,28)19-7-4-8-20(16-19)30-24(34)31-22-15-18(23(33)32-13-11-29-12-14-32)9-10-21(22)17-5-2-1-3-6-17/h1-10,15-16,29H,11-14H2,(H2,30,31,34). The molecule has 0 saturated carbocycles. The second kappa shape index (κ2) is 9.96. The van der Waals surface area contributed by atoms with Gasteiger partial charge in [-0.25, -0.2) is 4.79 Å². The molecule has 0 spiro atoms. The minimum absolute atomic E-state index is 0.00151. The Kier molecular flexibility index (Phi) is 6.83. The van der Waals surface area contributed by atoms with Crippen LogP contribution >= 0.6 is 0 Å². The predicted octanol–water partition coefficient (Wildman–Crippen LogP) is 5.06. The van der Waals surface area contributed by atoms with Crippen LogP contribution < -0.4 is 16.0 Å². The Hall–Kier alpha value is -3.85. The Morgan fingerprint density at radius 1 is 0.853 bits per heavy atom. The van der Waals surface area contributed by atoms with E-state index in [0.717, 1.165) is 17.7 Å². The first kappa shape index (κ1) is 23.3.